The van der Waals surface area contributed by atoms with Crippen LogP contribution in [-0.4, -0.2) is 58.6 Å². The van der Waals surface area contributed by atoms with Crippen LogP contribution in [-0.2, 0) is 33.4 Å². The molecule has 0 aromatic rings. The summed E-state index contributed by atoms with van der Waals surface area (Å²) in [5.41, 5.74) is -8.31. The van der Waals surface area contributed by atoms with Crippen molar-refractivity contribution in [1.82, 2.24) is 0 Å². The quantitative estimate of drug-likeness (QED) is 0.291. The monoisotopic (exact) mass is 568 g/mol. The van der Waals surface area contributed by atoms with Gasteiger partial charge in [-0.05, 0) is 62.7 Å². The molecule has 7 unspecified atom stereocenters. The molecule has 1 aliphatic heterocycles. The average molecular weight is 568 g/mol. The van der Waals surface area contributed by atoms with E-state index < -0.39 is 71.1 Å². The molecule has 0 amide bonds. The predicted molar refractivity (Wildman–Crippen MR) is 112 cm³/mol. The molecule has 7 rings (SSSR count). The standard InChI is InChI=1S/C25H26F6O8/c26-24(27,28)23(8-15(32)33,25(29,30)31)39-20(36)21-4-10-1-11(5-21)7-22(6-10,9-21)38-19(35)16-12-2-13-14(3-12)37-18(34)17(13)16/h10-14,16-17H,1-9H2,(H,32,33). The van der Waals surface area contributed by atoms with Crippen molar-refractivity contribution >= 4 is 23.9 Å². The molecule has 7 aliphatic rings. The lowest BCUT2D eigenvalue weighted by Crippen LogP contribution is -2.65. The molecule has 7 atom stereocenters. The van der Waals surface area contributed by atoms with Crippen LogP contribution in [0.2, 0.25) is 0 Å². The molecule has 0 aromatic heterocycles. The van der Waals surface area contributed by atoms with Crippen molar-refractivity contribution in [3.63, 3.8) is 0 Å². The third-order valence-corrected chi connectivity index (χ3v) is 10.1. The number of aliphatic carboxylic acids is 1. The predicted octanol–water partition coefficient (Wildman–Crippen LogP) is 3.95. The van der Waals surface area contributed by atoms with E-state index in [1.807, 2.05) is 0 Å². The van der Waals surface area contributed by atoms with Gasteiger partial charge >= 0.3 is 41.8 Å². The summed E-state index contributed by atoms with van der Waals surface area (Å²) in [6.07, 6.45) is -13.4. The Bertz CT molecular complexity index is 1100. The Morgan fingerprint density at radius 1 is 0.949 bits per heavy atom. The number of hydrogen-bond donors (Lipinski definition) is 1. The SMILES string of the molecule is O=C(O)CC(OC(=O)C12CC3CC(CC(OC(=O)C4C5CC6OC(=O)C4C6C5)(C3)C1)C2)(C(F)(F)F)C(F)(F)F. The van der Waals surface area contributed by atoms with Crippen molar-refractivity contribution in [2.75, 3.05) is 0 Å². The number of fused-ring (bicyclic) bond motifs is 1. The highest BCUT2D eigenvalue weighted by atomic mass is 19.4. The Kier molecular flexibility index (Phi) is 5.48. The second-order valence-electron chi connectivity index (χ2n) is 12.6. The van der Waals surface area contributed by atoms with Gasteiger partial charge in [-0.3, -0.25) is 19.2 Å². The van der Waals surface area contributed by atoms with Crippen LogP contribution in [0.5, 0.6) is 0 Å². The normalized spacial score (nSPS) is 42.0. The summed E-state index contributed by atoms with van der Waals surface area (Å²) in [7, 11) is 0. The second kappa shape index (κ2) is 8.02. The van der Waals surface area contributed by atoms with Gasteiger partial charge < -0.3 is 19.3 Å². The molecule has 1 heterocycles. The molecule has 6 aliphatic carbocycles. The highest BCUT2D eigenvalue weighted by molar-refractivity contribution is 5.86. The second-order valence-corrected chi connectivity index (χ2v) is 12.6. The fraction of sp³-hybridized carbons (Fsp3) is 0.840. The zero-order valence-electron chi connectivity index (χ0n) is 20.5. The first-order chi connectivity index (χ1) is 18.0. The Morgan fingerprint density at radius 2 is 1.56 bits per heavy atom. The van der Waals surface area contributed by atoms with Gasteiger partial charge in [0, 0.05) is 12.3 Å². The largest absolute Gasteiger partial charge is 0.481 e. The van der Waals surface area contributed by atoms with Crippen molar-refractivity contribution in [1.29, 1.82) is 0 Å². The maximum Gasteiger partial charge on any atom is 0.438 e. The van der Waals surface area contributed by atoms with E-state index in [4.69, 9.17) is 14.6 Å². The molecule has 6 bridgehead atoms. The first-order valence-electron chi connectivity index (χ1n) is 13.0. The number of carbonyl (C=O) groups is 4. The van der Waals surface area contributed by atoms with Crippen molar-refractivity contribution in [2.45, 2.75) is 87.4 Å². The first-order valence-corrected chi connectivity index (χ1v) is 13.0. The van der Waals surface area contributed by atoms with Crippen molar-refractivity contribution < 1.29 is 64.8 Å². The van der Waals surface area contributed by atoms with Crippen LogP contribution in [0.25, 0.3) is 0 Å². The number of ether oxygens (including phenoxy) is 3. The number of carboxylic acid groups (broad SMARTS) is 1. The minimum absolute atomic E-state index is 0.0503. The van der Waals surface area contributed by atoms with E-state index >= 15 is 0 Å². The smallest absolute Gasteiger partial charge is 0.438 e. The van der Waals surface area contributed by atoms with Crippen LogP contribution in [0.1, 0.15) is 57.8 Å². The highest BCUT2D eigenvalue weighted by Crippen LogP contribution is 2.65. The Balaban J connectivity index is 1.27. The minimum atomic E-state index is -6.25. The van der Waals surface area contributed by atoms with Crippen LogP contribution < -0.4 is 0 Å². The zero-order valence-corrected chi connectivity index (χ0v) is 20.5. The molecular weight excluding hydrogens is 542 g/mol. The molecule has 0 aromatic carbocycles. The molecule has 0 radical (unpaired) electrons. The molecular formula is C25H26F6O8. The third-order valence-electron chi connectivity index (χ3n) is 10.1. The zero-order chi connectivity index (χ0) is 28.3. The Hall–Kier alpha value is -2.54. The summed E-state index contributed by atoms with van der Waals surface area (Å²) in [6, 6.07) is 0. The van der Waals surface area contributed by atoms with Crippen LogP contribution in [0.3, 0.4) is 0 Å². The number of carboxylic acids is 1. The summed E-state index contributed by atoms with van der Waals surface area (Å²) in [4.78, 5) is 50.2. The van der Waals surface area contributed by atoms with E-state index in [2.05, 4.69) is 4.74 Å². The number of halogens is 6. The average Bonchev–Trinajstić information content (AvgIpc) is 3.38. The van der Waals surface area contributed by atoms with Gasteiger partial charge in [-0.2, -0.15) is 26.3 Å². The lowest BCUT2D eigenvalue weighted by atomic mass is 9.48. The van der Waals surface area contributed by atoms with Gasteiger partial charge in [0.25, 0.3) is 0 Å². The van der Waals surface area contributed by atoms with Crippen LogP contribution >= 0.6 is 0 Å². The lowest BCUT2D eigenvalue weighted by Gasteiger charge is -2.60. The molecule has 14 heteroatoms. The fourth-order valence-corrected chi connectivity index (χ4v) is 9.14. The molecule has 7 fully saturated rings. The van der Waals surface area contributed by atoms with Gasteiger partial charge in [-0.15, -0.1) is 0 Å². The molecule has 1 N–H and O–H groups in total. The fourth-order valence-electron chi connectivity index (χ4n) is 9.14. The van der Waals surface area contributed by atoms with Gasteiger partial charge in [0.05, 0.1) is 17.3 Å². The van der Waals surface area contributed by atoms with Gasteiger partial charge in [0.15, 0.2) is 0 Å². The van der Waals surface area contributed by atoms with Gasteiger partial charge in [0.2, 0.25) is 0 Å². The summed E-state index contributed by atoms with van der Waals surface area (Å²) in [5, 5.41) is 8.89. The molecule has 39 heavy (non-hydrogen) atoms. The summed E-state index contributed by atoms with van der Waals surface area (Å²) in [5.74, 6) is -7.53. The molecule has 8 nitrogen and oxygen atoms in total. The number of rotatable bonds is 6. The van der Waals surface area contributed by atoms with E-state index in [1.54, 1.807) is 0 Å². The first kappa shape index (κ1) is 26.7. The van der Waals surface area contributed by atoms with Crippen LogP contribution in [0.4, 0.5) is 26.3 Å². The topological polar surface area (TPSA) is 116 Å². The Morgan fingerprint density at radius 3 is 2.13 bits per heavy atom. The summed E-state index contributed by atoms with van der Waals surface area (Å²) in [6.45, 7) is 0. The van der Waals surface area contributed by atoms with Crippen molar-refractivity contribution in [3.8, 4) is 0 Å². The number of hydrogen-bond acceptors (Lipinski definition) is 7. The molecule has 216 valence electrons. The lowest BCUT2D eigenvalue weighted by molar-refractivity contribution is -0.373. The Labute approximate surface area is 217 Å². The molecule has 6 saturated carbocycles. The molecule has 0 spiro atoms. The van der Waals surface area contributed by atoms with Gasteiger partial charge in [-0.25, -0.2) is 0 Å². The van der Waals surface area contributed by atoms with Crippen molar-refractivity contribution in [3.05, 3.63) is 0 Å². The van der Waals surface area contributed by atoms with Crippen molar-refractivity contribution in [2.24, 2.45) is 40.9 Å². The van der Waals surface area contributed by atoms with Crippen LogP contribution in [0.15, 0.2) is 0 Å². The van der Waals surface area contributed by atoms with E-state index in [0.717, 1.165) is 0 Å². The highest BCUT2D eigenvalue weighted by Gasteiger charge is 2.76. The van der Waals surface area contributed by atoms with E-state index in [1.165, 1.54) is 0 Å². The van der Waals surface area contributed by atoms with Gasteiger partial charge in [0.1, 0.15) is 18.1 Å². The van der Waals surface area contributed by atoms with Gasteiger partial charge in [-0.1, -0.05) is 0 Å². The third kappa shape index (κ3) is 3.78. The van der Waals surface area contributed by atoms with Crippen LogP contribution in [0, 0.1) is 40.9 Å². The molecule has 1 saturated heterocycles. The van der Waals surface area contributed by atoms with E-state index in [0.29, 0.717) is 32.1 Å². The number of carbonyl (C=O) groups excluding carboxylic acids is 3. The minimum Gasteiger partial charge on any atom is -0.481 e. The number of alkyl halides is 6. The summed E-state index contributed by atoms with van der Waals surface area (Å²) < 4.78 is 98.4. The summed E-state index contributed by atoms with van der Waals surface area (Å²) >= 11 is 0. The van der Waals surface area contributed by atoms with E-state index in [-0.39, 0.29) is 49.0 Å². The maximum absolute atomic E-state index is 13.8. The number of esters is 3. The maximum atomic E-state index is 13.8. The van der Waals surface area contributed by atoms with E-state index in [9.17, 15) is 45.5 Å².